The van der Waals surface area contributed by atoms with Crippen LogP contribution in [0.1, 0.15) is 30.9 Å². The van der Waals surface area contributed by atoms with E-state index < -0.39 is 27.4 Å². The summed E-state index contributed by atoms with van der Waals surface area (Å²) in [6, 6.07) is 17.8. The van der Waals surface area contributed by atoms with Crippen LogP contribution in [-0.4, -0.2) is 42.5 Å². The Morgan fingerprint density at radius 3 is 2.51 bits per heavy atom. The fraction of sp³-hybridized carbons (Fsp3) is 0.259. The van der Waals surface area contributed by atoms with Gasteiger partial charge in [0.2, 0.25) is 15.9 Å². The highest BCUT2D eigenvalue weighted by molar-refractivity contribution is 7.90. The van der Waals surface area contributed by atoms with Gasteiger partial charge in [0.15, 0.2) is 0 Å². The molecule has 1 N–H and O–H groups in total. The van der Waals surface area contributed by atoms with Gasteiger partial charge < -0.3 is 9.64 Å². The van der Waals surface area contributed by atoms with Crippen molar-refractivity contribution in [2.45, 2.75) is 36.6 Å². The summed E-state index contributed by atoms with van der Waals surface area (Å²) < 4.78 is 49.0. The molecule has 1 saturated carbocycles. The Bertz CT molecular complexity index is 1600. The van der Waals surface area contributed by atoms with E-state index in [4.69, 9.17) is 4.74 Å². The number of sulfonamides is 1. The first-order valence-electron chi connectivity index (χ1n) is 12.0. The maximum atomic E-state index is 13.4. The number of benzene rings is 3. The van der Waals surface area contributed by atoms with Crippen molar-refractivity contribution in [3.63, 3.8) is 0 Å². The quantitative estimate of drug-likeness (QED) is 0.396. The van der Waals surface area contributed by atoms with Crippen molar-refractivity contribution in [1.82, 2.24) is 14.5 Å². The number of carbonyl (C=O) groups excluding carboxylic acids is 1. The van der Waals surface area contributed by atoms with Gasteiger partial charge in [-0.3, -0.25) is 4.79 Å². The molecule has 190 valence electrons. The molecule has 6 rings (SSSR count). The van der Waals surface area contributed by atoms with Crippen LogP contribution in [0.25, 0.3) is 16.6 Å². The van der Waals surface area contributed by atoms with Crippen LogP contribution in [0.5, 0.6) is 5.75 Å². The predicted octanol–water partition coefficient (Wildman–Crippen LogP) is 4.10. The van der Waals surface area contributed by atoms with Gasteiger partial charge in [-0.15, -0.1) is 0 Å². The minimum atomic E-state index is -3.52. The fourth-order valence-corrected chi connectivity index (χ4v) is 6.58. The summed E-state index contributed by atoms with van der Waals surface area (Å²) >= 11 is 0. The highest BCUT2D eigenvalue weighted by Gasteiger charge is 2.46. The number of nitrogens with one attached hydrogen (secondary N) is 1. The van der Waals surface area contributed by atoms with Crippen LogP contribution < -0.4 is 14.4 Å². The van der Waals surface area contributed by atoms with Gasteiger partial charge in [0.1, 0.15) is 11.6 Å². The third kappa shape index (κ3) is 4.36. The molecule has 0 unspecified atom stereocenters. The first-order chi connectivity index (χ1) is 17.8. The lowest BCUT2D eigenvalue weighted by Gasteiger charge is -2.29. The number of fused-ring (bicyclic) bond motifs is 1. The Morgan fingerprint density at radius 2 is 1.78 bits per heavy atom. The van der Waals surface area contributed by atoms with E-state index in [2.05, 4.69) is 9.82 Å². The number of ether oxygens (including phenoxy) is 1. The molecule has 37 heavy (non-hydrogen) atoms. The summed E-state index contributed by atoms with van der Waals surface area (Å²) in [4.78, 5) is 15.0. The number of anilines is 1. The normalized spacial score (nSPS) is 20.1. The van der Waals surface area contributed by atoms with E-state index in [9.17, 15) is 17.6 Å². The van der Waals surface area contributed by atoms with E-state index in [0.29, 0.717) is 30.0 Å². The third-order valence-electron chi connectivity index (χ3n) is 6.94. The van der Waals surface area contributed by atoms with Crippen molar-refractivity contribution in [1.29, 1.82) is 0 Å². The topological polar surface area (TPSA) is 93.5 Å². The van der Waals surface area contributed by atoms with Crippen LogP contribution in [0, 0.1) is 5.82 Å². The average molecular weight is 521 g/mol. The van der Waals surface area contributed by atoms with E-state index in [1.807, 2.05) is 42.5 Å². The van der Waals surface area contributed by atoms with Crippen LogP contribution in [0.15, 0.2) is 72.9 Å². The number of nitrogens with zero attached hydrogens (tertiary/aromatic N) is 3. The zero-order valence-electron chi connectivity index (χ0n) is 20.0. The predicted molar refractivity (Wildman–Crippen MR) is 138 cm³/mol. The van der Waals surface area contributed by atoms with Gasteiger partial charge in [-0.2, -0.15) is 5.10 Å². The lowest BCUT2D eigenvalue weighted by molar-refractivity contribution is -0.117. The van der Waals surface area contributed by atoms with Crippen molar-refractivity contribution in [3.8, 4) is 11.4 Å². The maximum absolute atomic E-state index is 13.4. The van der Waals surface area contributed by atoms with Crippen LogP contribution in [-0.2, 0) is 14.8 Å². The maximum Gasteiger partial charge on any atom is 0.229 e. The summed E-state index contributed by atoms with van der Waals surface area (Å²) in [5.41, 5.74) is 2.92. The van der Waals surface area contributed by atoms with E-state index in [1.165, 1.54) is 12.1 Å². The lowest BCUT2D eigenvalue weighted by Crippen LogP contribution is -2.41. The number of aromatic nitrogens is 2. The molecule has 2 aliphatic rings. The number of hydrogen-bond donors (Lipinski definition) is 1. The minimum Gasteiger partial charge on any atom is -0.497 e. The molecule has 4 aromatic rings. The molecule has 1 amide bonds. The molecule has 10 heteroatoms. The number of methoxy groups -OCH3 is 1. The minimum absolute atomic E-state index is 0.0424. The number of carbonyl (C=O) groups is 1. The first kappa shape index (κ1) is 23.6. The monoisotopic (exact) mass is 520 g/mol. The second-order valence-electron chi connectivity index (χ2n) is 9.43. The smallest absolute Gasteiger partial charge is 0.229 e. The van der Waals surface area contributed by atoms with Crippen molar-refractivity contribution in [3.05, 3.63) is 84.3 Å². The number of halogens is 1. The summed E-state index contributed by atoms with van der Waals surface area (Å²) in [5.74, 6) is 0.115. The Balaban J connectivity index is 1.40. The molecule has 1 aromatic heterocycles. The van der Waals surface area contributed by atoms with Gasteiger partial charge in [0, 0.05) is 17.5 Å². The third-order valence-corrected chi connectivity index (χ3v) is 8.92. The number of rotatable bonds is 7. The molecular formula is C27H25FN4O4S. The number of amides is 1. The zero-order valence-corrected chi connectivity index (χ0v) is 20.9. The van der Waals surface area contributed by atoms with Gasteiger partial charge in [-0.05, 0) is 73.0 Å². The number of hydrogen-bond acceptors (Lipinski definition) is 5. The molecule has 1 aliphatic heterocycles. The van der Waals surface area contributed by atoms with Gasteiger partial charge in [0.25, 0.3) is 0 Å². The molecule has 1 saturated heterocycles. The Morgan fingerprint density at radius 1 is 1.03 bits per heavy atom. The Kier molecular flexibility index (Phi) is 5.73. The van der Waals surface area contributed by atoms with Crippen LogP contribution in [0.4, 0.5) is 10.1 Å². The molecule has 0 spiro atoms. The molecule has 2 heterocycles. The summed E-state index contributed by atoms with van der Waals surface area (Å²) in [6.45, 7) is 0. The van der Waals surface area contributed by atoms with Crippen LogP contribution in [0.2, 0.25) is 0 Å². The molecule has 3 aromatic carbocycles. The van der Waals surface area contributed by atoms with Crippen molar-refractivity contribution >= 4 is 32.5 Å². The SMILES string of the molecule is COc1cccc([C@@H]2[C@@H](NS(=O)(=O)C3CC3)CC(=O)N2c2ccc3c(cnn3-c3ccc(F)cc3)c2)c1. The summed E-state index contributed by atoms with van der Waals surface area (Å²) in [7, 11) is -1.96. The first-order valence-corrected chi connectivity index (χ1v) is 13.6. The highest BCUT2D eigenvalue weighted by Crippen LogP contribution is 2.40. The van der Waals surface area contributed by atoms with Crippen molar-refractivity contribution in [2.24, 2.45) is 0 Å². The van der Waals surface area contributed by atoms with Gasteiger partial charge in [-0.1, -0.05) is 12.1 Å². The summed E-state index contributed by atoms with van der Waals surface area (Å²) in [5, 5.41) is 4.85. The highest BCUT2D eigenvalue weighted by atomic mass is 32.2. The molecule has 0 radical (unpaired) electrons. The second-order valence-corrected chi connectivity index (χ2v) is 11.4. The van der Waals surface area contributed by atoms with Gasteiger partial charge >= 0.3 is 0 Å². The zero-order chi connectivity index (χ0) is 25.7. The van der Waals surface area contributed by atoms with E-state index in [-0.39, 0.29) is 18.1 Å². The fourth-order valence-electron chi connectivity index (χ4n) is 4.99. The van der Waals surface area contributed by atoms with Crippen LogP contribution >= 0.6 is 0 Å². The average Bonchev–Trinajstić information content (AvgIpc) is 3.61. The molecule has 1 aliphatic carbocycles. The summed E-state index contributed by atoms with van der Waals surface area (Å²) in [6.07, 6.45) is 3.01. The van der Waals surface area contributed by atoms with Crippen molar-refractivity contribution < 1.29 is 22.3 Å². The Labute approximate surface area is 213 Å². The van der Waals surface area contributed by atoms with Crippen LogP contribution in [0.3, 0.4) is 0 Å². The second kappa shape index (κ2) is 8.97. The van der Waals surface area contributed by atoms with E-state index in [0.717, 1.165) is 16.5 Å². The van der Waals surface area contributed by atoms with Gasteiger partial charge in [0.05, 0.1) is 41.8 Å². The molecule has 2 atom stereocenters. The molecular weight excluding hydrogens is 495 g/mol. The van der Waals surface area contributed by atoms with E-state index in [1.54, 1.807) is 35.0 Å². The molecule has 8 nitrogen and oxygen atoms in total. The molecule has 0 bridgehead atoms. The van der Waals surface area contributed by atoms with Gasteiger partial charge in [-0.25, -0.2) is 22.2 Å². The van der Waals surface area contributed by atoms with Crippen molar-refractivity contribution in [2.75, 3.05) is 12.0 Å². The Hall–Kier alpha value is -3.76. The largest absolute Gasteiger partial charge is 0.497 e. The van der Waals surface area contributed by atoms with E-state index >= 15 is 0 Å². The standard InChI is InChI=1S/C27H25FN4O4S/c1-36-22-4-2-3-17(14-22)27-24(30-37(34,35)23-10-11-23)15-26(33)31(27)21-9-12-25-18(13-21)16-29-32(25)20-7-5-19(28)6-8-20/h2-9,12-14,16,23-24,27,30H,10-11,15H2,1H3/t24-,27+/m0/s1. The molecule has 2 fully saturated rings. The lowest BCUT2D eigenvalue weighted by atomic mass is 10.00.